The van der Waals surface area contributed by atoms with Gasteiger partial charge in [-0.15, -0.1) is 0 Å². The number of nitrogens with zero attached hydrogens (tertiary/aromatic N) is 3. The van der Waals surface area contributed by atoms with Crippen LogP contribution in [-0.2, 0) is 0 Å². The molecule has 152 valence electrons. The van der Waals surface area contributed by atoms with Gasteiger partial charge < -0.3 is 9.88 Å². The van der Waals surface area contributed by atoms with Gasteiger partial charge in [0.2, 0.25) is 0 Å². The Morgan fingerprint density at radius 3 is 2.65 bits per heavy atom. The van der Waals surface area contributed by atoms with Crippen molar-refractivity contribution < 1.29 is 4.79 Å². The lowest BCUT2D eigenvalue weighted by molar-refractivity contribution is 0.0526. The lowest BCUT2D eigenvalue weighted by Crippen LogP contribution is -2.48. The molecule has 0 aliphatic carbocycles. The molecule has 0 saturated carbocycles. The number of nitrogens with one attached hydrogen (secondary N) is 2. The van der Waals surface area contributed by atoms with Crippen LogP contribution in [0.5, 0.6) is 0 Å². The van der Waals surface area contributed by atoms with Crippen LogP contribution in [0.2, 0.25) is 0 Å². The lowest BCUT2D eigenvalue weighted by atomic mass is 10.0. The van der Waals surface area contributed by atoms with E-state index < -0.39 is 0 Å². The molecule has 1 aliphatic rings. The Hall–Kier alpha value is -3.93. The van der Waals surface area contributed by atoms with Gasteiger partial charge in [-0.2, -0.15) is 5.10 Å². The van der Waals surface area contributed by atoms with E-state index in [1.54, 1.807) is 0 Å². The number of hydrogen-bond donors (Lipinski definition) is 2. The average molecular weight is 407 g/mol. The highest BCUT2D eigenvalue weighted by Crippen LogP contribution is 2.30. The van der Waals surface area contributed by atoms with Crippen LogP contribution in [0.25, 0.3) is 44.3 Å². The van der Waals surface area contributed by atoms with Crippen LogP contribution in [0, 0.1) is 5.92 Å². The summed E-state index contributed by atoms with van der Waals surface area (Å²) in [7, 11) is 0. The number of H-pyrrole nitrogens is 2. The molecule has 0 atom stereocenters. The third-order valence-corrected chi connectivity index (χ3v) is 6.00. The summed E-state index contributed by atoms with van der Waals surface area (Å²) in [5.74, 6) is 0.554. The molecule has 6 heteroatoms. The first-order valence-corrected chi connectivity index (χ1v) is 10.5. The van der Waals surface area contributed by atoms with E-state index in [9.17, 15) is 4.79 Å². The second kappa shape index (κ2) is 6.80. The molecular formula is C25H21N5O. The summed E-state index contributed by atoms with van der Waals surface area (Å²) in [5, 5.41) is 9.20. The predicted octanol–water partition coefficient (Wildman–Crippen LogP) is 4.87. The fraction of sp³-hybridized carbons (Fsp3) is 0.160. The van der Waals surface area contributed by atoms with Gasteiger partial charge >= 0.3 is 0 Å². The first-order valence-electron chi connectivity index (χ1n) is 10.5. The Balaban J connectivity index is 1.38. The summed E-state index contributed by atoms with van der Waals surface area (Å²) in [4.78, 5) is 22.7. The fourth-order valence-corrected chi connectivity index (χ4v) is 4.32. The highest BCUT2D eigenvalue weighted by atomic mass is 16.2. The second-order valence-corrected chi connectivity index (χ2v) is 8.36. The summed E-state index contributed by atoms with van der Waals surface area (Å²) in [5.41, 5.74) is 6.40. The number of hydrogen-bond acceptors (Lipinski definition) is 3. The van der Waals surface area contributed by atoms with E-state index >= 15 is 0 Å². The number of amides is 1. The van der Waals surface area contributed by atoms with Gasteiger partial charge in [-0.05, 0) is 41.3 Å². The summed E-state index contributed by atoms with van der Waals surface area (Å²) in [6.07, 6.45) is 1.87. The van der Waals surface area contributed by atoms with Gasteiger partial charge in [-0.3, -0.25) is 9.89 Å². The number of carbonyl (C=O) groups excluding carboxylic acids is 1. The first kappa shape index (κ1) is 17.9. The molecule has 0 bridgehead atoms. The third kappa shape index (κ3) is 2.99. The molecule has 2 N–H and O–H groups in total. The van der Waals surface area contributed by atoms with Crippen molar-refractivity contribution >= 4 is 27.8 Å². The van der Waals surface area contributed by atoms with E-state index in [1.165, 1.54) is 0 Å². The minimum atomic E-state index is -0.00628. The van der Waals surface area contributed by atoms with E-state index in [-0.39, 0.29) is 5.91 Å². The highest BCUT2D eigenvalue weighted by Gasteiger charge is 2.30. The standard InChI is InChI=1S/C25H21N5O/c1-15-13-30(14-15)25(31)23-20-10-17(7-8-21(20)28-29-23)19-9-18-11-22(27-24(18)26-12-19)16-5-3-2-4-6-16/h2-12,15H,13-14H2,1H3,(H,26,27)(H,28,29). The van der Waals surface area contributed by atoms with Gasteiger partial charge in [0.1, 0.15) is 5.65 Å². The maximum atomic E-state index is 12.8. The van der Waals surface area contributed by atoms with E-state index in [1.807, 2.05) is 47.5 Å². The topological polar surface area (TPSA) is 77.7 Å². The van der Waals surface area contributed by atoms with Crippen molar-refractivity contribution in [1.29, 1.82) is 0 Å². The summed E-state index contributed by atoms with van der Waals surface area (Å²) in [6.45, 7) is 3.74. The minimum Gasteiger partial charge on any atom is -0.339 e. The van der Waals surface area contributed by atoms with Crippen molar-refractivity contribution in [2.75, 3.05) is 13.1 Å². The Kier molecular flexibility index (Phi) is 3.93. The average Bonchev–Trinajstić information content (AvgIpc) is 3.40. The Morgan fingerprint density at radius 1 is 1.00 bits per heavy atom. The summed E-state index contributed by atoms with van der Waals surface area (Å²) in [6, 6.07) is 20.5. The van der Waals surface area contributed by atoms with Crippen LogP contribution in [0.1, 0.15) is 17.4 Å². The highest BCUT2D eigenvalue weighted by molar-refractivity contribution is 6.06. The maximum Gasteiger partial charge on any atom is 0.275 e. The largest absolute Gasteiger partial charge is 0.339 e. The minimum absolute atomic E-state index is 0.00628. The molecule has 1 fully saturated rings. The van der Waals surface area contributed by atoms with Crippen LogP contribution in [-0.4, -0.2) is 44.1 Å². The normalized spacial score (nSPS) is 14.3. The second-order valence-electron chi connectivity index (χ2n) is 8.36. The van der Waals surface area contributed by atoms with Crippen molar-refractivity contribution in [3.8, 4) is 22.4 Å². The zero-order valence-corrected chi connectivity index (χ0v) is 17.1. The van der Waals surface area contributed by atoms with Crippen LogP contribution in [0.15, 0.2) is 66.9 Å². The number of aromatic amines is 2. The monoisotopic (exact) mass is 407 g/mol. The summed E-state index contributed by atoms with van der Waals surface area (Å²) < 4.78 is 0. The Morgan fingerprint density at radius 2 is 1.84 bits per heavy atom. The van der Waals surface area contributed by atoms with E-state index in [0.29, 0.717) is 11.6 Å². The number of carbonyl (C=O) groups is 1. The van der Waals surface area contributed by atoms with Gasteiger partial charge in [0, 0.05) is 41.3 Å². The quantitative estimate of drug-likeness (QED) is 0.448. The number of likely N-dealkylation sites (tertiary alicyclic amines) is 1. The number of rotatable bonds is 3. The molecule has 2 aromatic carbocycles. The van der Waals surface area contributed by atoms with E-state index in [2.05, 4.69) is 51.4 Å². The molecule has 4 heterocycles. The molecule has 31 heavy (non-hydrogen) atoms. The predicted molar refractivity (Wildman–Crippen MR) is 122 cm³/mol. The lowest BCUT2D eigenvalue weighted by Gasteiger charge is -2.36. The Bertz CT molecular complexity index is 1430. The summed E-state index contributed by atoms with van der Waals surface area (Å²) >= 11 is 0. The molecule has 1 aliphatic heterocycles. The molecule has 0 spiro atoms. The molecule has 5 aromatic rings. The molecule has 1 saturated heterocycles. The zero-order chi connectivity index (χ0) is 20.9. The van der Waals surface area contributed by atoms with Gasteiger partial charge in [0.05, 0.1) is 5.52 Å². The molecule has 0 unspecified atom stereocenters. The van der Waals surface area contributed by atoms with Gasteiger partial charge in [-0.25, -0.2) is 4.98 Å². The van der Waals surface area contributed by atoms with E-state index in [0.717, 1.165) is 57.4 Å². The van der Waals surface area contributed by atoms with Crippen molar-refractivity contribution in [1.82, 2.24) is 25.1 Å². The third-order valence-electron chi connectivity index (χ3n) is 6.00. The van der Waals surface area contributed by atoms with Gasteiger partial charge in [0.15, 0.2) is 5.69 Å². The molecular weight excluding hydrogens is 386 g/mol. The SMILES string of the molecule is CC1CN(C(=O)c2n[nH]c3ccc(-c4cnc5[nH]c(-c6ccccc6)cc5c4)cc23)C1. The van der Waals surface area contributed by atoms with Gasteiger partial charge in [-0.1, -0.05) is 43.3 Å². The van der Waals surface area contributed by atoms with Crippen molar-refractivity contribution in [3.63, 3.8) is 0 Å². The fourth-order valence-electron chi connectivity index (χ4n) is 4.32. The van der Waals surface area contributed by atoms with E-state index in [4.69, 9.17) is 0 Å². The number of benzene rings is 2. The van der Waals surface area contributed by atoms with Crippen LogP contribution in [0.3, 0.4) is 0 Å². The number of fused-ring (bicyclic) bond motifs is 2. The molecule has 6 nitrogen and oxygen atoms in total. The van der Waals surface area contributed by atoms with Gasteiger partial charge in [0.25, 0.3) is 5.91 Å². The van der Waals surface area contributed by atoms with Crippen LogP contribution < -0.4 is 0 Å². The van der Waals surface area contributed by atoms with Crippen molar-refractivity contribution in [2.45, 2.75) is 6.92 Å². The molecule has 1 amide bonds. The van der Waals surface area contributed by atoms with Crippen molar-refractivity contribution in [2.24, 2.45) is 5.92 Å². The molecule has 6 rings (SSSR count). The Labute approximate surface area is 178 Å². The van der Waals surface area contributed by atoms with Crippen LogP contribution in [0.4, 0.5) is 0 Å². The maximum absolute atomic E-state index is 12.8. The zero-order valence-electron chi connectivity index (χ0n) is 17.1. The number of aromatic nitrogens is 4. The van der Waals surface area contributed by atoms with Crippen molar-refractivity contribution in [3.05, 3.63) is 72.6 Å². The smallest absolute Gasteiger partial charge is 0.275 e. The van der Waals surface area contributed by atoms with Crippen LogP contribution >= 0.6 is 0 Å². The molecule has 0 radical (unpaired) electrons. The first-order chi connectivity index (χ1) is 15.2. The molecule has 3 aromatic heterocycles. The number of pyridine rings is 1.